The maximum Gasteiger partial charge on any atom is 0.328 e. The molecule has 1 amide bonds. The van der Waals surface area contributed by atoms with Gasteiger partial charge in [0.15, 0.2) is 5.82 Å². The second-order valence-electron chi connectivity index (χ2n) is 9.48. The molecule has 2 N–H and O–H groups in total. The summed E-state index contributed by atoms with van der Waals surface area (Å²) >= 11 is 0. The fraction of sp³-hybridized carbons (Fsp3) is 0.826. The van der Waals surface area contributed by atoms with Crippen molar-refractivity contribution in [3.8, 4) is 0 Å². The van der Waals surface area contributed by atoms with Gasteiger partial charge >= 0.3 is 11.9 Å². The standard InChI is InChI=1S/C23H38N6O5/c1-5-33-22(31)15(3)29(4)21(30)10-14(2)34-23(32)19-12-18-11-16(6-8-17(18)13-24-19)7-9-20-25-27-28-26-20/h14-19,24H,5-13H2,1-4H3,(H,25,26,27,28)/t14-,15-,16-,17+,18-,19+/m1/s1/i19D. The van der Waals surface area contributed by atoms with Crippen molar-refractivity contribution in [1.82, 2.24) is 30.8 Å². The second kappa shape index (κ2) is 12.2. The smallest absolute Gasteiger partial charge is 0.328 e. The molecule has 0 radical (unpaired) electrons. The van der Waals surface area contributed by atoms with Crippen LogP contribution in [0.5, 0.6) is 0 Å². The number of aryl methyl sites for hydroxylation is 1. The van der Waals surface area contributed by atoms with Crippen LogP contribution in [0.25, 0.3) is 0 Å². The van der Waals surface area contributed by atoms with Gasteiger partial charge in [0.25, 0.3) is 0 Å². The van der Waals surface area contributed by atoms with Crippen molar-refractivity contribution in [3.63, 3.8) is 0 Å². The zero-order chi connectivity index (χ0) is 25.6. The minimum absolute atomic E-state index is 0.0771. The molecule has 2 fully saturated rings. The average molecular weight is 480 g/mol. The number of nitrogens with one attached hydrogen (secondary N) is 2. The van der Waals surface area contributed by atoms with Crippen LogP contribution in [0.1, 0.15) is 66.5 Å². The van der Waals surface area contributed by atoms with Crippen LogP contribution in [0.4, 0.5) is 0 Å². The predicted molar refractivity (Wildman–Crippen MR) is 122 cm³/mol. The lowest BCUT2D eigenvalue weighted by molar-refractivity contribution is -0.158. The highest BCUT2D eigenvalue weighted by Crippen LogP contribution is 2.40. The number of fused-ring (bicyclic) bond motifs is 1. The van der Waals surface area contributed by atoms with E-state index in [-0.39, 0.29) is 24.9 Å². The molecular formula is C23H38N6O5. The molecule has 0 aromatic carbocycles. The zero-order valence-electron chi connectivity index (χ0n) is 21.6. The van der Waals surface area contributed by atoms with E-state index in [1.54, 1.807) is 20.8 Å². The SMILES string of the molecule is [2H][C@@]1(C(=O)O[C@H](C)CC(=O)N(C)[C@H](C)C(=O)OCC)C[C@H]2C[C@@H](CCc3nn[nH]n3)CC[C@H]2CN1. The van der Waals surface area contributed by atoms with Gasteiger partial charge in [-0.3, -0.25) is 9.59 Å². The lowest BCUT2D eigenvalue weighted by atomic mass is 9.69. The van der Waals surface area contributed by atoms with Crippen molar-refractivity contribution in [3.05, 3.63) is 5.82 Å². The van der Waals surface area contributed by atoms with E-state index in [0.717, 1.165) is 32.1 Å². The Hall–Kier alpha value is -2.56. The Bertz CT molecular complexity index is 871. The van der Waals surface area contributed by atoms with Crippen LogP contribution in [0.2, 0.25) is 0 Å². The van der Waals surface area contributed by atoms with E-state index in [9.17, 15) is 14.4 Å². The Morgan fingerprint density at radius 1 is 1.24 bits per heavy atom. The zero-order valence-corrected chi connectivity index (χ0v) is 20.6. The molecule has 11 heteroatoms. The normalized spacial score (nSPS) is 28.7. The number of H-pyrrole nitrogens is 1. The molecule has 3 rings (SSSR count). The molecule has 0 spiro atoms. The predicted octanol–water partition coefficient (Wildman–Crippen LogP) is 1.26. The first-order valence-corrected chi connectivity index (χ1v) is 12.2. The van der Waals surface area contributed by atoms with E-state index in [1.165, 1.54) is 11.9 Å². The number of likely N-dealkylation sites (N-methyl/N-ethyl adjacent to an activating group) is 1. The van der Waals surface area contributed by atoms with Crippen molar-refractivity contribution in [1.29, 1.82) is 0 Å². The maximum atomic E-state index is 12.9. The minimum atomic E-state index is -1.53. The highest BCUT2D eigenvalue weighted by atomic mass is 16.5. The van der Waals surface area contributed by atoms with Gasteiger partial charge in [0.1, 0.15) is 18.2 Å². The molecule has 190 valence electrons. The lowest BCUT2D eigenvalue weighted by Gasteiger charge is -2.42. The number of aromatic nitrogens is 4. The van der Waals surface area contributed by atoms with Gasteiger partial charge in [0, 0.05) is 13.5 Å². The van der Waals surface area contributed by atoms with Crippen LogP contribution in [0.3, 0.4) is 0 Å². The maximum absolute atomic E-state index is 12.9. The third-order valence-corrected chi connectivity index (χ3v) is 7.08. The minimum Gasteiger partial charge on any atom is -0.464 e. The number of tetrazole rings is 1. The number of ether oxygens (including phenoxy) is 2. The lowest BCUT2D eigenvalue weighted by Crippen LogP contribution is -2.50. The van der Waals surface area contributed by atoms with Crippen LogP contribution >= 0.6 is 0 Å². The van der Waals surface area contributed by atoms with E-state index >= 15 is 0 Å². The van der Waals surface area contributed by atoms with Crippen molar-refractivity contribution in [2.24, 2.45) is 17.8 Å². The van der Waals surface area contributed by atoms with E-state index in [1.807, 2.05) is 0 Å². The number of esters is 2. The molecule has 34 heavy (non-hydrogen) atoms. The molecule has 11 nitrogen and oxygen atoms in total. The quantitative estimate of drug-likeness (QED) is 0.475. The summed E-state index contributed by atoms with van der Waals surface area (Å²) in [6.07, 6.45) is 4.46. The first-order chi connectivity index (χ1) is 16.6. The molecule has 2 aliphatic rings. The Morgan fingerprint density at radius 3 is 2.74 bits per heavy atom. The number of hydrogen-bond acceptors (Lipinski definition) is 9. The Labute approximate surface area is 202 Å². The van der Waals surface area contributed by atoms with Crippen molar-refractivity contribution < 1.29 is 25.2 Å². The molecule has 0 bridgehead atoms. The topological polar surface area (TPSA) is 139 Å². The van der Waals surface area contributed by atoms with Gasteiger partial charge in [-0.1, -0.05) is 11.6 Å². The summed E-state index contributed by atoms with van der Waals surface area (Å²) in [4.78, 5) is 38.7. The molecular weight excluding hydrogens is 440 g/mol. The van der Waals surface area contributed by atoms with Gasteiger partial charge in [-0.05, 0) is 70.8 Å². The summed E-state index contributed by atoms with van der Waals surface area (Å²) in [6.45, 7) is 5.76. The number of carbonyl (C=O) groups excluding carboxylic acids is 3. The Morgan fingerprint density at radius 2 is 2.03 bits per heavy atom. The molecule has 1 aliphatic carbocycles. The van der Waals surface area contributed by atoms with E-state index in [2.05, 4.69) is 25.9 Å². The van der Waals surface area contributed by atoms with Gasteiger partial charge in [0.05, 0.1) is 14.4 Å². The number of piperidine rings is 1. The Kier molecular flexibility index (Phi) is 8.84. The van der Waals surface area contributed by atoms with Crippen molar-refractivity contribution >= 4 is 17.8 Å². The average Bonchev–Trinajstić information content (AvgIpc) is 3.35. The number of amides is 1. The van der Waals surface area contributed by atoms with Crippen LogP contribution in [0.15, 0.2) is 0 Å². The highest BCUT2D eigenvalue weighted by molar-refractivity contribution is 5.84. The molecule has 6 atom stereocenters. The molecule has 1 saturated heterocycles. The molecule has 2 heterocycles. The van der Waals surface area contributed by atoms with Gasteiger partial charge in [-0.2, -0.15) is 5.21 Å². The highest BCUT2D eigenvalue weighted by Gasteiger charge is 2.38. The van der Waals surface area contributed by atoms with E-state index < -0.39 is 30.1 Å². The van der Waals surface area contributed by atoms with Crippen LogP contribution in [-0.4, -0.2) is 81.7 Å². The van der Waals surface area contributed by atoms with Gasteiger partial charge in [0.2, 0.25) is 5.91 Å². The van der Waals surface area contributed by atoms with Crippen LogP contribution in [-0.2, 0) is 30.3 Å². The third-order valence-electron chi connectivity index (χ3n) is 7.08. The Balaban J connectivity index is 1.49. The number of hydrogen-bond donors (Lipinski definition) is 2. The summed E-state index contributed by atoms with van der Waals surface area (Å²) in [6, 6.07) is -2.26. The first kappa shape index (κ1) is 24.6. The van der Waals surface area contributed by atoms with Crippen molar-refractivity contribution in [2.45, 2.75) is 83.9 Å². The summed E-state index contributed by atoms with van der Waals surface area (Å²) in [5.41, 5.74) is 0. The van der Waals surface area contributed by atoms with E-state index in [0.29, 0.717) is 30.6 Å². The van der Waals surface area contributed by atoms with Gasteiger partial charge in [-0.15, -0.1) is 10.2 Å². The van der Waals surface area contributed by atoms with Gasteiger partial charge in [-0.25, -0.2) is 4.79 Å². The van der Waals surface area contributed by atoms with Crippen LogP contribution in [0, 0.1) is 17.8 Å². The molecule has 0 unspecified atom stereocenters. The van der Waals surface area contributed by atoms with Crippen molar-refractivity contribution in [2.75, 3.05) is 20.2 Å². The number of rotatable bonds is 10. The third kappa shape index (κ3) is 6.97. The molecule has 1 aliphatic heterocycles. The molecule has 1 aromatic heterocycles. The number of aromatic amines is 1. The second-order valence-corrected chi connectivity index (χ2v) is 9.48. The summed E-state index contributed by atoms with van der Waals surface area (Å²) in [7, 11) is 1.52. The van der Waals surface area contributed by atoms with Crippen LogP contribution < -0.4 is 5.32 Å². The molecule has 1 saturated carbocycles. The number of carbonyl (C=O) groups is 3. The molecule has 1 aromatic rings. The summed E-state index contributed by atoms with van der Waals surface area (Å²) in [5.74, 6) is 0.438. The summed E-state index contributed by atoms with van der Waals surface area (Å²) in [5, 5.41) is 17.2. The summed E-state index contributed by atoms with van der Waals surface area (Å²) < 4.78 is 19.3. The largest absolute Gasteiger partial charge is 0.464 e. The monoisotopic (exact) mass is 479 g/mol. The van der Waals surface area contributed by atoms with Gasteiger partial charge < -0.3 is 19.7 Å². The first-order valence-electron chi connectivity index (χ1n) is 12.7. The van der Waals surface area contributed by atoms with E-state index in [4.69, 9.17) is 10.8 Å². The number of nitrogens with zero attached hydrogens (tertiary/aromatic N) is 4. The fourth-order valence-electron chi connectivity index (χ4n) is 4.89. The fourth-order valence-corrected chi connectivity index (χ4v) is 4.89.